The smallest absolute Gasteiger partial charge is 0.263 e. The number of amides is 1. The van der Waals surface area contributed by atoms with E-state index in [2.05, 4.69) is 37.1 Å². The number of pyridine rings is 1. The molecule has 2 aliphatic heterocycles. The van der Waals surface area contributed by atoms with Crippen LogP contribution in [0.4, 0.5) is 5.82 Å². The quantitative estimate of drug-likeness (QED) is 0.663. The minimum Gasteiger partial charge on any atom is -0.479 e. The SMILES string of the molecule is COc1nn(CC2COC2)cc1C(=O)Nc1cccc(-c2nnc3n2[C@@H](C)CC3)n1. The molecule has 0 aromatic carbocycles. The van der Waals surface area contributed by atoms with Gasteiger partial charge >= 0.3 is 0 Å². The van der Waals surface area contributed by atoms with Crippen LogP contribution >= 0.6 is 0 Å². The first-order valence-corrected chi connectivity index (χ1v) is 10.0. The highest BCUT2D eigenvalue weighted by Gasteiger charge is 2.26. The third-order valence-corrected chi connectivity index (χ3v) is 5.53. The van der Waals surface area contributed by atoms with Crippen molar-refractivity contribution >= 4 is 11.7 Å². The minimum absolute atomic E-state index is 0.285. The topological polar surface area (TPSA) is 109 Å². The molecule has 156 valence electrons. The standard InChI is InChI=1S/C20H23N7O3/c1-12-6-7-17-23-24-18(27(12)17)15-4-3-5-16(21-15)22-19(28)14-9-26(25-20(14)29-2)8-13-10-30-11-13/h3-5,9,12-13H,6-8,10-11H2,1-2H3,(H,21,22,28)/t12-/m0/s1. The van der Waals surface area contributed by atoms with Gasteiger partial charge in [0.05, 0.1) is 20.3 Å². The molecule has 30 heavy (non-hydrogen) atoms. The summed E-state index contributed by atoms with van der Waals surface area (Å²) < 4.78 is 14.3. The van der Waals surface area contributed by atoms with Gasteiger partial charge in [-0.05, 0) is 25.5 Å². The maximum atomic E-state index is 12.9. The van der Waals surface area contributed by atoms with E-state index < -0.39 is 0 Å². The van der Waals surface area contributed by atoms with Crippen LogP contribution in [0, 0.1) is 5.92 Å². The number of carbonyl (C=O) groups excluding carboxylic acids is 1. The molecule has 1 fully saturated rings. The Balaban J connectivity index is 1.36. The second-order valence-corrected chi connectivity index (χ2v) is 7.74. The fourth-order valence-corrected chi connectivity index (χ4v) is 3.87. The fraction of sp³-hybridized carbons (Fsp3) is 0.450. The average Bonchev–Trinajstić information content (AvgIpc) is 3.41. The first kappa shape index (κ1) is 18.7. The lowest BCUT2D eigenvalue weighted by Gasteiger charge is -2.25. The predicted octanol–water partition coefficient (Wildman–Crippen LogP) is 1.95. The summed E-state index contributed by atoms with van der Waals surface area (Å²) in [6.45, 7) is 4.26. The zero-order valence-electron chi connectivity index (χ0n) is 16.9. The van der Waals surface area contributed by atoms with Crippen LogP contribution in [-0.2, 0) is 17.7 Å². The molecule has 3 aromatic heterocycles. The lowest BCUT2D eigenvalue weighted by atomic mass is 10.1. The van der Waals surface area contributed by atoms with Crippen LogP contribution in [0.25, 0.3) is 11.5 Å². The van der Waals surface area contributed by atoms with Gasteiger partial charge in [0.1, 0.15) is 22.9 Å². The van der Waals surface area contributed by atoms with Crippen molar-refractivity contribution in [1.29, 1.82) is 0 Å². The van der Waals surface area contributed by atoms with Crippen molar-refractivity contribution in [3.8, 4) is 17.4 Å². The predicted molar refractivity (Wildman–Crippen MR) is 107 cm³/mol. The number of rotatable bonds is 6. The van der Waals surface area contributed by atoms with Crippen LogP contribution < -0.4 is 10.1 Å². The van der Waals surface area contributed by atoms with Gasteiger partial charge in [0, 0.05) is 31.1 Å². The molecule has 5 rings (SSSR count). The summed E-state index contributed by atoms with van der Waals surface area (Å²) in [5, 5.41) is 15.8. The zero-order chi connectivity index (χ0) is 20.7. The van der Waals surface area contributed by atoms with E-state index in [4.69, 9.17) is 9.47 Å². The Kier molecular flexibility index (Phi) is 4.70. The third kappa shape index (κ3) is 3.32. The Morgan fingerprint density at radius 2 is 2.20 bits per heavy atom. The molecule has 1 saturated heterocycles. The molecule has 0 unspecified atom stereocenters. The van der Waals surface area contributed by atoms with Gasteiger partial charge in [-0.2, -0.15) is 0 Å². The highest BCUT2D eigenvalue weighted by molar-refractivity contribution is 6.05. The number of aromatic nitrogens is 6. The van der Waals surface area contributed by atoms with Crippen LogP contribution in [-0.4, -0.2) is 55.8 Å². The Labute approximate surface area is 173 Å². The van der Waals surface area contributed by atoms with Crippen LogP contribution in [0.2, 0.25) is 0 Å². The highest BCUT2D eigenvalue weighted by atomic mass is 16.5. The number of nitrogens with one attached hydrogen (secondary N) is 1. The van der Waals surface area contributed by atoms with E-state index in [1.54, 1.807) is 16.9 Å². The van der Waals surface area contributed by atoms with Crippen LogP contribution in [0.1, 0.15) is 35.6 Å². The summed E-state index contributed by atoms with van der Waals surface area (Å²) in [6.07, 6.45) is 3.66. The second kappa shape index (κ2) is 7.52. The van der Waals surface area contributed by atoms with E-state index in [0.29, 0.717) is 48.8 Å². The minimum atomic E-state index is -0.326. The molecule has 5 heterocycles. The Morgan fingerprint density at radius 3 is 2.97 bits per heavy atom. The number of ether oxygens (including phenoxy) is 2. The molecule has 0 radical (unpaired) electrons. The summed E-state index contributed by atoms with van der Waals surface area (Å²) >= 11 is 0. The molecule has 2 aliphatic rings. The number of nitrogens with zero attached hydrogens (tertiary/aromatic N) is 6. The third-order valence-electron chi connectivity index (χ3n) is 5.53. The molecule has 10 nitrogen and oxygen atoms in total. The van der Waals surface area contributed by atoms with Crippen molar-refractivity contribution in [2.45, 2.75) is 32.4 Å². The number of hydrogen-bond acceptors (Lipinski definition) is 7. The molecule has 0 spiro atoms. The van der Waals surface area contributed by atoms with E-state index in [1.807, 2.05) is 12.1 Å². The lowest BCUT2D eigenvalue weighted by Crippen LogP contribution is -2.31. The maximum absolute atomic E-state index is 12.9. The van der Waals surface area contributed by atoms with Crippen molar-refractivity contribution in [3.63, 3.8) is 0 Å². The van der Waals surface area contributed by atoms with Gasteiger partial charge in [0.2, 0.25) is 5.88 Å². The molecule has 1 N–H and O–H groups in total. The molecule has 1 atom stereocenters. The molecular formula is C20H23N7O3. The summed E-state index contributed by atoms with van der Waals surface area (Å²) in [5.74, 6) is 2.50. The molecule has 0 saturated carbocycles. The van der Waals surface area contributed by atoms with Crippen molar-refractivity contribution in [1.82, 2.24) is 29.5 Å². The van der Waals surface area contributed by atoms with E-state index >= 15 is 0 Å². The van der Waals surface area contributed by atoms with Crippen LogP contribution in [0.3, 0.4) is 0 Å². The van der Waals surface area contributed by atoms with Gasteiger partial charge < -0.3 is 19.4 Å². The number of anilines is 1. The van der Waals surface area contributed by atoms with Crippen molar-refractivity contribution < 1.29 is 14.3 Å². The van der Waals surface area contributed by atoms with Gasteiger partial charge in [-0.3, -0.25) is 9.48 Å². The Morgan fingerprint density at radius 1 is 1.33 bits per heavy atom. The average molecular weight is 409 g/mol. The Hall–Kier alpha value is -3.27. The lowest BCUT2D eigenvalue weighted by molar-refractivity contribution is -0.0409. The first-order chi connectivity index (χ1) is 14.6. The fourth-order valence-electron chi connectivity index (χ4n) is 3.87. The van der Waals surface area contributed by atoms with Crippen molar-refractivity contribution in [2.75, 3.05) is 25.6 Å². The largest absolute Gasteiger partial charge is 0.479 e. The van der Waals surface area contributed by atoms with E-state index in [9.17, 15) is 4.79 Å². The highest BCUT2D eigenvalue weighted by Crippen LogP contribution is 2.30. The summed E-state index contributed by atoms with van der Waals surface area (Å²) in [4.78, 5) is 17.5. The second-order valence-electron chi connectivity index (χ2n) is 7.74. The monoisotopic (exact) mass is 409 g/mol. The van der Waals surface area contributed by atoms with Crippen LogP contribution in [0.15, 0.2) is 24.4 Å². The number of methoxy groups -OCH3 is 1. The number of fused-ring (bicyclic) bond motifs is 1. The van der Waals surface area contributed by atoms with Crippen LogP contribution in [0.5, 0.6) is 5.88 Å². The van der Waals surface area contributed by atoms with Gasteiger partial charge in [-0.1, -0.05) is 6.07 Å². The molecule has 0 bridgehead atoms. The number of carbonyl (C=O) groups is 1. The van der Waals surface area contributed by atoms with E-state index in [-0.39, 0.29) is 11.8 Å². The van der Waals surface area contributed by atoms with Gasteiger partial charge in [0.25, 0.3) is 5.91 Å². The zero-order valence-corrected chi connectivity index (χ0v) is 16.9. The Bertz CT molecular complexity index is 1090. The van der Waals surface area contributed by atoms with Gasteiger partial charge in [-0.15, -0.1) is 15.3 Å². The maximum Gasteiger partial charge on any atom is 0.263 e. The van der Waals surface area contributed by atoms with E-state index in [1.165, 1.54) is 7.11 Å². The van der Waals surface area contributed by atoms with Gasteiger partial charge in [0.15, 0.2) is 5.82 Å². The summed E-state index contributed by atoms with van der Waals surface area (Å²) in [7, 11) is 1.50. The number of hydrogen-bond donors (Lipinski definition) is 1. The molecule has 10 heteroatoms. The summed E-state index contributed by atoms with van der Waals surface area (Å²) in [6, 6.07) is 5.80. The van der Waals surface area contributed by atoms with Crippen molar-refractivity contribution in [2.24, 2.45) is 5.92 Å². The molecular weight excluding hydrogens is 386 g/mol. The van der Waals surface area contributed by atoms with Gasteiger partial charge in [-0.25, -0.2) is 4.98 Å². The summed E-state index contributed by atoms with van der Waals surface area (Å²) in [5.41, 5.74) is 1.04. The molecule has 1 amide bonds. The van der Waals surface area contributed by atoms with E-state index in [0.717, 1.165) is 24.5 Å². The molecule has 3 aromatic rings. The van der Waals surface area contributed by atoms with Crippen molar-refractivity contribution in [3.05, 3.63) is 35.8 Å². The number of aryl methyl sites for hydroxylation is 1. The molecule has 0 aliphatic carbocycles. The normalized spacial score (nSPS) is 18.1. The first-order valence-electron chi connectivity index (χ1n) is 10.0.